The van der Waals surface area contributed by atoms with Gasteiger partial charge in [-0.2, -0.15) is 10.5 Å². The number of nitriles is 2. The van der Waals surface area contributed by atoms with E-state index in [1.807, 2.05) is 12.1 Å². The van der Waals surface area contributed by atoms with Gasteiger partial charge in [0.25, 0.3) is 0 Å². The maximum Gasteiger partial charge on any atom is 0.101 e. The van der Waals surface area contributed by atoms with Gasteiger partial charge in [0.15, 0.2) is 0 Å². The Morgan fingerprint density at radius 2 is 1.83 bits per heavy atom. The molecule has 0 aromatic heterocycles. The van der Waals surface area contributed by atoms with Gasteiger partial charge in [-0.05, 0) is 31.0 Å². The maximum atomic E-state index is 10.2. The standard InChI is InChI=1S/C14H15N3O/c15-8-11-3-4-13(7-12(11)9-16)17-10-14(18)5-1-2-6-14/h3-4,7,17-18H,1-2,5-6,10H2. The van der Waals surface area contributed by atoms with Crippen molar-refractivity contribution in [3.63, 3.8) is 0 Å². The zero-order valence-corrected chi connectivity index (χ0v) is 10.1. The van der Waals surface area contributed by atoms with Gasteiger partial charge in [0.05, 0.1) is 16.7 Å². The lowest BCUT2D eigenvalue weighted by atomic mass is 10.0. The lowest BCUT2D eigenvalue weighted by molar-refractivity contribution is 0.0615. The van der Waals surface area contributed by atoms with Gasteiger partial charge in [0.2, 0.25) is 0 Å². The monoisotopic (exact) mass is 241 g/mol. The highest BCUT2D eigenvalue weighted by molar-refractivity contribution is 5.56. The molecule has 1 saturated carbocycles. The third-order valence-electron chi connectivity index (χ3n) is 3.42. The van der Waals surface area contributed by atoms with Gasteiger partial charge in [-0.25, -0.2) is 0 Å². The van der Waals surface area contributed by atoms with E-state index in [-0.39, 0.29) is 0 Å². The summed E-state index contributed by atoms with van der Waals surface area (Å²) in [6.45, 7) is 0.490. The quantitative estimate of drug-likeness (QED) is 0.849. The molecule has 0 bridgehead atoms. The summed E-state index contributed by atoms with van der Waals surface area (Å²) in [5, 5.41) is 31.1. The number of hydrogen-bond donors (Lipinski definition) is 2. The molecule has 92 valence electrons. The van der Waals surface area contributed by atoms with E-state index in [0.717, 1.165) is 31.4 Å². The van der Waals surface area contributed by atoms with Crippen molar-refractivity contribution in [2.45, 2.75) is 31.3 Å². The molecule has 0 aliphatic heterocycles. The predicted octanol–water partition coefficient (Wildman–Crippen LogP) is 2.15. The number of aliphatic hydroxyl groups is 1. The van der Waals surface area contributed by atoms with Crippen molar-refractivity contribution in [2.75, 3.05) is 11.9 Å². The Morgan fingerprint density at radius 3 is 2.44 bits per heavy atom. The first kappa shape index (κ1) is 12.4. The SMILES string of the molecule is N#Cc1ccc(NCC2(O)CCCC2)cc1C#N. The highest BCUT2D eigenvalue weighted by atomic mass is 16.3. The lowest BCUT2D eigenvalue weighted by Crippen LogP contribution is -2.33. The summed E-state index contributed by atoms with van der Waals surface area (Å²) in [4.78, 5) is 0. The molecule has 0 unspecified atom stereocenters. The Labute approximate surface area is 106 Å². The van der Waals surface area contributed by atoms with Crippen molar-refractivity contribution in [3.8, 4) is 12.1 Å². The minimum absolute atomic E-state index is 0.362. The zero-order valence-electron chi connectivity index (χ0n) is 10.1. The van der Waals surface area contributed by atoms with Crippen LogP contribution in [-0.4, -0.2) is 17.3 Å². The van der Waals surface area contributed by atoms with E-state index in [9.17, 15) is 5.11 Å². The normalized spacial score (nSPS) is 16.8. The summed E-state index contributed by atoms with van der Waals surface area (Å²) < 4.78 is 0. The topological polar surface area (TPSA) is 79.8 Å². The van der Waals surface area contributed by atoms with E-state index in [1.54, 1.807) is 18.2 Å². The van der Waals surface area contributed by atoms with Crippen LogP contribution < -0.4 is 5.32 Å². The van der Waals surface area contributed by atoms with Crippen LogP contribution in [0.25, 0.3) is 0 Å². The Hall–Kier alpha value is -2.04. The van der Waals surface area contributed by atoms with Gasteiger partial charge < -0.3 is 10.4 Å². The van der Waals surface area contributed by atoms with Gasteiger partial charge in [0.1, 0.15) is 12.1 Å². The number of benzene rings is 1. The van der Waals surface area contributed by atoms with E-state index >= 15 is 0 Å². The minimum atomic E-state index is -0.624. The first-order valence-electron chi connectivity index (χ1n) is 6.07. The van der Waals surface area contributed by atoms with Gasteiger partial charge >= 0.3 is 0 Å². The molecule has 0 amide bonds. The van der Waals surface area contributed by atoms with E-state index in [1.165, 1.54) is 0 Å². The molecule has 18 heavy (non-hydrogen) atoms. The largest absolute Gasteiger partial charge is 0.388 e. The van der Waals surface area contributed by atoms with Crippen LogP contribution in [0.15, 0.2) is 18.2 Å². The van der Waals surface area contributed by atoms with Crippen molar-refractivity contribution in [3.05, 3.63) is 29.3 Å². The summed E-state index contributed by atoms with van der Waals surface area (Å²) in [5.41, 5.74) is 0.884. The maximum absolute atomic E-state index is 10.2. The molecule has 2 N–H and O–H groups in total. The summed E-state index contributed by atoms with van der Waals surface area (Å²) in [7, 11) is 0. The number of nitrogens with zero attached hydrogens (tertiary/aromatic N) is 2. The second kappa shape index (κ2) is 5.08. The van der Waals surface area contributed by atoms with Crippen molar-refractivity contribution in [2.24, 2.45) is 0 Å². The molecular weight excluding hydrogens is 226 g/mol. The molecule has 4 heteroatoms. The number of nitrogens with one attached hydrogen (secondary N) is 1. The Balaban J connectivity index is 2.07. The lowest BCUT2D eigenvalue weighted by Gasteiger charge is -2.23. The molecule has 0 spiro atoms. The van der Waals surface area contributed by atoms with Crippen molar-refractivity contribution in [1.29, 1.82) is 10.5 Å². The molecule has 1 aromatic rings. The van der Waals surface area contributed by atoms with E-state index in [0.29, 0.717) is 17.7 Å². The number of rotatable bonds is 3. The Morgan fingerprint density at radius 1 is 1.17 bits per heavy atom. The molecule has 0 radical (unpaired) electrons. The molecule has 0 heterocycles. The highest BCUT2D eigenvalue weighted by Crippen LogP contribution is 2.29. The third-order valence-corrected chi connectivity index (χ3v) is 3.42. The van der Waals surface area contributed by atoms with Crippen LogP contribution in [0.1, 0.15) is 36.8 Å². The van der Waals surface area contributed by atoms with Crippen LogP contribution in [0, 0.1) is 22.7 Å². The molecule has 1 aliphatic carbocycles. The third kappa shape index (κ3) is 2.61. The van der Waals surface area contributed by atoms with Gasteiger partial charge in [-0.3, -0.25) is 0 Å². The van der Waals surface area contributed by atoms with Crippen molar-refractivity contribution < 1.29 is 5.11 Å². The second-order valence-corrected chi connectivity index (χ2v) is 4.77. The van der Waals surface area contributed by atoms with Crippen molar-refractivity contribution in [1.82, 2.24) is 0 Å². The summed E-state index contributed by atoms with van der Waals surface area (Å²) in [6, 6.07) is 9.01. The van der Waals surface area contributed by atoms with Gasteiger partial charge in [-0.1, -0.05) is 12.8 Å². The van der Waals surface area contributed by atoms with Crippen LogP contribution in [-0.2, 0) is 0 Å². The molecule has 1 aromatic carbocycles. The second-order valence-electron chi connectivity index (χ2n) is 4.77. The Bertz CT molecular complexity index is 519. The first-order valence-corrected chi connectivity index (χ1v) is 6.07. The van der Waals surface area contributed by atoms with Crippen LogP contribution in [0.5, 0.6) is 0 Å². The number of anilines is 1. The smallest absolute Gasteiger partial charge is 0.101 e. The van der Waals surface area contributed by atoms with Crippen molar-refractivity contribution >= 4 is 5.69 Å². The van der Waals surface area contributed by atoms with Crippen LogP contribution in [0.3, 0.4) is 0 Å². The van der Waals surface area contributed by atoms with E-state index in [4.69, 9.17) is 10.5 Å². The summed E-state index contributed by atoms with van der Waals surface area (Å²) in [6.07, 6.45) is 3.77. The van der Waals surface area contributed by atoms with E-state index < -0.39 is 5.60 Å². The fraction of sp³-hybridized carbons (Fsp3) is 0.429. The fourth-order valence-electron chi connectivity index (χ4n) is 2.32. The fourth-order valence-corrected chi connectivity index (χ4v) is 2.32. The molecule has 0 atom stereocenters. The van der Waals surface area contributed by atoms with Gasteiger partial charge in [0, 0.05) is 12.2 Å². The van der Waals surface area contributed by atoms with Crippen LogP contribution in [0.2, 0.25) is 0 Å². The van der Waals surface area contributed by atoms with Crippen LogP contribution >= 0.6 is 0 Å². The molecule has 2 rings (SSSR count). The highest BCUT2D eigenvalue weighted by Gasteiger charge is 2.30. The molecule has 1 fully saturated rings. The van der Waals surface area contributed by atoms with Gasteiger partial charge in [-0.15, -0.1) is 0 Å². The molecule has 1 aliphatic rings. The predicted molar refractivity (Wildman–Crippen MR) is 67.8 cm³/mol. The Kier molecular flexibility index (Phi) is 3.50. The average molecular weight is 241 g/mol. The molecular formula is C14H15N3O. The first-order chi connectivity index (χ1) is 8.67. The van der Waals surface area contributed by atoms with Crippen LogP contribution in [0.4, 0.5) is 5.69 Å². The zero-order chi connectivity index (χ0) is 13.0. The average Bonchev–Trinajstić information content (AvgIpc) is 2.83. The molecule has 4 nitrogen and oxygen atoms in total. The number of hydrogen-bond acceptors (Lipinski definition) is 4. The minimum Gasteiger partial charge on any atom is -0.388 e. The summed E-state index contributed by atoms with van der Waals surface area (Å²) in [5.74, 6) is 0. The summed E-state index contributed by atoms with van der Waals surface area (Å²) >= 11 is 0. The molecule has 0 saturated heterocycles. The van der Waals surface area contributed by atoms with E-state index in [2.05, 4.69) is 5.32 Å².